The summed E-state index contributed by atoms with van der Waals surface area (Å²) in [6.45, 7) is 2.13. The Morgan fingerprint density at radius 2 is 2.12 bits per heavy atom. The molecule has 0 aliphatic rings. The number of hydrogen-bond donors (Lipinski definition) is 1. The molecule has 0 aliphatic heterocycles. The Hall–Kier alpha value is -0.650. The smallest absolute Gasteiger partial charge is 0.0657 e. The summed E-state index contributed by atoms with van der Waals surface area (Å²) >= 11 is 6.99. The van der Waals surface area contributed by atoms with E-state index < -0.39 is 0 Å². The van der Waals surface area contributed by atoms with Crippen LogP contribution >= 0.6 is 31.9 Å². The molecule has 1 aromatic carbocycles. The zero-order valence-corrected chi connectivity index (χ0v) is 12.8. The largest absolute Gasteiger partial charge is 0.313 e. The highest BCUT2D eigenvalue weighted by molar-refractivity contribution is 9.10. The molecule has 1 atom stereocenters. The second-order valence-corrected chi connectivity index (χ2v) is 5.59. The molecule has 1 heterocycles. The van der Waals surface area contributed by atoms with Crippen LogP contribution in [0.5, 0.6) is 0 Å². The third-order valence-corrected chi connectivity index (χ3v) is 3.80. The molecular formula is C12H13Br2N3. The van der Waals surface area contributed by atoms with E-state index in [0.717, 1.165) is 14.6 Å². The molecule has 1 unspecified atom stereocenters. The number of halogens is 2. The molecule has 0 spiro atoms. The lowest BCUT2D eigenvalue weighted by atomic mass is 10.1. The minimum Gasteiger partial charge on any atom is -0.313 e. The molecule has 0 amide bonds. The summed E-state index contributed by atoms with van der Waals surface area (Å²) in [5.41, 5.74) is 2.28. The minimum absolute atomic E-state index is 0.322. The predicted molar refractivity (Wildman–Crippen MR) is 76.4 cm³/mol. The van der Waals surface area contributed by atoms with E-state index in [1.54, 1.807) is 6.20 Å². The SMILES string of the molecule is CNC(C)c1ccc(-n2cc(Br)cn2)cc1Br. The van der Waals surface area contributed by atoms with Crippen LogP contribution in [0.1, 0.15) is 18.5 Å². The van der Waals surface area contributed by atoms with Crippen LogP contribution < -0.4 is 5.32 Å². The van der Waals surface area contributed by atoms with E-state index in [9.17, 15) is 0 Å². The second kappa shape index (κ2) is 5.33. The highest BCUT2D eigenvalue weighted by Crippen LogP contribution is 2.26. The van der Waals surface area contributed by atoms with Gasteiger partial charge in [-0.2, -0.15) is 5.10 Å². The van der Waals surface area contributed by atoms with Crippen molar-refractivity contribution in [2.45, 2.75) is 13.0 Å². The molecular weight excluding hydrogens is 346 g/mol. The van der Waals surface area contributed by atoms with Gasteiger partial charge in [0.2, 0.25) is 0 Å². The van der Waals surface area contributed by atoms with Crippen molar-refractivity contribution in [3.05, 3.63) is 45.1 Å². The van der Waals surface area contributed by atoms with Crippen LogP contribution in [0.2, 0.25) is 0 Å². The molecule has 90 valence electrons. The van der Waals surface area contributed by atoms with Gasteiger partial charge in [-0.1, -0.05) is 22.0 Å². The number of rotatable bonds is 3. The summed E-state index contributed by atoms with van der Waals surface area (Å²) in [6, 6.07) is 6.56. The summed E-state index contributed by atoms with van der Waals surface area (Å²) in [7, 11) is 1.95. The van der Waals surface area contributed by atoms with E-state index in [4.69, 9.17) is 0 Å². The van der Waals surface area contributed by atoms with Crippen LogP contribution in [0.4, 0.5) is 0 Å². The van der Waals surface area contributed by atoms with Crippen LogP contribution in [0.25, 0.3) is 5.69 Å². The van der Waals surface area contributed by atoms with Crippen LogP contribution in [0.3, 0.4) is 0 Å². The molecule has 1 aromatic heterocycles. The van der Waals surface area contributed by atoms with Crippen LogP contribution in [0, 0.1) is 0 Å². The van der Waals surface area contributed by atoms with Gasteiger partial charge in [0.1, 0.15) is 0 Å². The van der Waals surface area contributed by atoms with Crippen LogP contribution in [-0.4, -0.2) is 16.8 Å². The van der Waals surface area contributed by atoms with Gasteiger partial charge in [-0.15, -0.1) is 0 Å². The fourth-order valence-electron chi connectivity index (χ4n) is 1.61. The van der Waals surface area contributed by atoms with Crippen molar-refractivity contribution in [3.63, 3.8) is 0 Å². The maximum absolute atomic E-state index is 4.26. The van der Waals surface area contributed by atoms with E-state index in [1.165, 1.54) is 5.56 Å². The lowest BCUT2D eigenvalue weighted by molar-refractivity contribution is 0.649. The molecule has 2 aromatic rings. The number of benzene rings is 1. The lowest BCUT2D eigenvalue weighted by Crippen LogP contribution is -2.13. The summed E-state index contributed by atoms with van der Waals surface area (Å²) in [4.78, 5) is 0. The van der Waals surface area contributed by atoms with Crippen molar-refractivity contribution in [1.29, 1.82) is 0 Å². The molecule has 0 saturated carbocycles. The molecule has 0 saturated heterocycles. The van der Waals surface area contributed by atoms with E-state index >= 15 is 0 Å². The van der Waals surface area contributed by atoms with Gasteiger partial charge in [-0.05, 0) is 47.6 Å². The average molecular weight is 359 g/mol. The first-order valence-corrected chi connectivity index (χ1v) is 6.87. The highest BCUT2D eigenvalue weighted by atomic mass is 79.9. The Balaban J connectivity index is 2.37. The zero-order chi connectivity index (χ0) is 12.4. The summed E-state index contributed by atoms with van der Waals surface area (Å²) < 4.78 is 3.90. The maximum atomic E-state index is 4.26. The van der Waals surface area contributed by atoms with Crippen molar-refractivity contribution >= 4 is 31.9 Å². The minimum atomic E-state index is 0.322. The molecule has 3 nitrogen and oxygen atoms in total. The summed E-state index contributed by atoms with van der Waals surface area (Å²) in [5, 5.41) is 7.48. The fourth-order valence-corrected chi connectivity index (χ4v) is 2.60. The van der Waals surface area contributed by atoms with Gasteiger partial charge in [0.05, 0.1) is 16.4 Å². The zero-order valence-electron chi connectivity index (χ0n) is 9.61. The van der Waals surface area contributed by atoms with Gasteiger partial charge in [-0.3, -0.25) is 0 Å². The molecule has 5 heteroatoms. The van der Waals surface area contributed by atoms with Gasteiger partial charge < -0.3 is 5.32 Å². The van der Waals surface area contributed by atoms with Gasteiger partial charge in [0.15, 0.2) is 0 Å². The topological polar surface area (TPSA) is 29.9 Å². The van der Waals surface area contributed by atoms with Gasteiger partial charge >= 0.3 is 0 Å². The first kappa shape index (κ1) is 12.8. The maximum Gasteiger partial charge on any atom is 0.0657 e. The third-order valence-electron chi connectivity index (χ3n) is 2.70. The van der Waals surface area contributed by atoms with Crippen LogP contribution in [0.15, 0.2) is 39.5 Å². The summed E-state index contributed by atoms with van der Waals surface area (Å²) in [6.07, 6.45) is 3.71. The average Bonchev–Trinajstić information content (AvgIpc) is 2.75. The number of aromatic nitrogens is 2. The Bertz CT molecular complexity index is 522. The van der Waals surface area contributed by atoms with Crippen molar-refractivity contribution in [1.82, 2.24) is 15.1 Å². The predicted octanol–water partition coefficient (Wildman–Crippen LogP) is 3.68. The Labute approximate surface area is 117 Å². The van der Waals surface area contributed by atoms with Crippen molar-refractivity contribution < 1.29 is 0 Å². The summed E-state index contributed by atoms with van der Waals surface area (Å²) in [5.74, 6) is 0. The lowest BCUT2D eigenvalue weighted by Gasteiger charge is -2.13. The number of nitrogens with zero attached hydrogens (tertiary/aromatic N) is 2. The quantitative estimate of drug-likeness (QED) is 0.906. The van der Waals surface area contributed by atoms with E-state index in [1.807, 2.05) is 17.9 Å². The molecule has 0 bridgehead atoms. The number of nitrogens with one attached hydrogen (secondary N) is 1. The van der Waals surface area contributed by atoms with Gasteiger partial charge in [0.25, 0.3) is 0 Å². The standard InChI is InChI=1S/C12H13Br2N3/c1-8(15-2)11-4-3-10(5-12(11)14)17-7-9(13)6-16-17/h3-8,15H,1-2H3. The van der Waals surface area contributed by atoms with Crippen molar-refractivity contribution in [2.24, 2.45) is 0 Å². The molecule has 0 fully saturated rings. The second-order valence-electron chi connectivity index (χ2n) is 3.82. The molecule has 0 aliphatic carbocycles. The monoisotopic (exact) mass is 357 g/mol. The van der Waals surface area contributed by atoms with E-state index in [0.29, 0.717) is 6.04 Å². The first-order valence-electron chi connectivity index (χ1n) is 5.29. The van der Waals surface area contributed by atoms with Crippen LogP contribution in [-0.2, 0) is 0 Å². The highest BCUT2D eigenvalue weighted by Gasteiger charge is 2.08. The Morgan fingerprint density at radius 1 is 1.35 bits per heavy atom. The van der Waals surface area contributed by atoms with Gasteiger partial charge in [-0.25, -0.2) is 4.68 Å². The Kier molecular flexibility index (Phi) is 4.01. The van der Waals surface area contributed by atoms with Crippen molar-refractivity contribution in [2.75, 3.05) is 7.05 Å². The van der Waals surface area contributed by atoms with Gasteiger partial charge in [0, 0.05) is 16.7 Å². The third kappa shape index (κ3) is 2.78. The number of hydrogen-bond acceptors (Lipinski definition) is 2. The molecule has 1 N–H and O–H groups in total. The Morgan fingerprint density at radius 3 is 2.65 bits per heavy atom. The molecule has 0 radical (unpaired) electrons. The molecule has 2 rings (SSSR count). The fraction of sp³-hybridized carbons (Fsp3) is 0.250. The first-order chi connectivity index (χ1) is 8.11. The normalized spacial score (nSPS) is 12.7. The molecule has 17 heavy (non-hydrogen) atoms. The van der Waals surface area contributed by atoms with E-state index in [-0.39, 0.29) is 0 Å². The van der Waals surface area contributed by atoms with E-state index in [2.05, 4.69) is 67.4 Å². The van der Waals surface area contributed by atoms with Crippen molar-refractivity contribution in [3.8, 4) is 5.69 Å².